The molecular weight excluding hydrogens is 352 g/mol. The van der Waals surface area contributed by atoms with Crippen LogP contribution in [0.4, 0.5) is 4.79 Å². The lowest BCUT2D eigenvalue weighted by molar-refractivity contribution is -0.0153. The van der Waals surface area contributed by atoms with Gasteiger partial charge in [-0.3, -0.25) is 4.68 Å². The number of aryl methyl sites for hydroxylation is 2. The zero-order valence-corrected chi connectivity index (χ0v) is 16.2. The summed E-state index contributed by atoms with van der Waals surface area (Å²) in [5.74, 6) is 0. The Balaban J connectivity index is 1.53. The van der Waals surface area contributed by atoms with E-state index in [9.17, 15) is 4.79 Å². The van der Waals surface area contributed by atoms with Gasteiger partial charge in [0.25, 0.3) is 0 Å². The minimum atomic E-state index is -0.116. The number of aromatic nitrogens is 2. The highest BCUT2D eigenvalue weighted by atomic mass is 35.5. The third kappa shape index (κ3) is 4.19. The molecule has 1 N–H and O–H groups in total. The van der Waals surface area contributed by atoms with E-state index in [0.717, 1.165) is 23.4 Å². The molecule has 7 heteroatoms. The molecule has 0 bridgehead atoms. The lowest BCUT2D eigenvalue weighted by atomic mass is 10.1. The number of morpholine rings is 1. The number of ether oxygens (including phenoxy) is 1. The van der Waals surface area contributed by atoms with Gasteiger partial charge >= 0.3 is 6.03 Å². The molecule has 26 heavy (non-hydrogen) atoms. The summed E-state index contributed by atoms with van der Waals surface area (Å²) in [5.41, 5.74) is 4.40. The molecule has 1 atom stereocenters. The van der Waals surface area contributed by atoms with Crippen molar-refractivity contribution in [1.82, 2.24) is 20.0 Å². The number of halogens is 1. The maximum Gasteiger partial charge on any atom is 0.317 e. The molecule has 1 aliphatic heterocycles. The molecule has 2 heterocycles. The standard InChI is InChI=1S/C19H25ClN4O2/c1-13-17(14(2)23(3)22-13)8-9-21-19(25)24-10-11-26-18(12-24)15-4-6-16(20)7-5-15/h4-7,18H,8-12H2,1-3H3,(H,21,25)/t18-/m1/s1. The van der Waals surface area contributed by atoms with E-state index in [4.69, 9.17) is 16.3 Å². The van der Waals surface area contributed by atoms with Crippen molar-refractivity contribution in [2.24, 2.45) is 7.05 Å². The van der Waals surface area contributed by atoms with E-state index in [1.165, 1.54) is 5.56 Å². The maximum absolute atomic E-state index is 12.5. The van der Waals surface area contributed by atoms with Crippen molar-refractivity contribution in [2.45, 2.75) is 26.4 Å². The molecule has 1 aromatic heterocycles. The SMILES string of the molecule is Cc1nn(C)c(C)c1CCNC(=O)N1CCO[C@@H](c2ccc(Cl)cc2)C1. The second-order valence-electron chi connectivity index (χ2n) is 6.61. The number of rotatable bonds is 4. The first-order valence-electron chi connectivity index (χ1n) is 8.84. The molecule has 6 nitrogen and oxygen atoms in total. The molecule has 1 fully saturated rings. The topological polar surface area (TPSA) is 59.4 Å². The van der Waals surface area contributed by atoms with Crippen LogP contribution in [0.3, 0.4) is 0 Å². The van der Waals surface area contributed by atoms with Crippen molar-refractivity contribution >= 4 is 17.6 Å². The molecule has 1 aromatic carbocycles. The summed E-state index contributed by atoms with van der Waals surface area (Å²) in [6.45, 7) is 6.31. The number of nitrogens with one attached hydrogen (secondary N) is 1. The third-order valence-electron chi connectivity index (χ3n) is 4.91. The molecule has 2 aromatic rings. The summed E-state index contributed by atoms with van der Waals surface area (Å²) in [7, 11) is 1.94. The number of nitrogens with zero attached hydrogens (tertiary/aromatic N) is 3. The predicted molar refractivity (Wildman–Crippen MR) is 102 cm³/mol. The molecule has 2 amide bonds. The Labute approximate surface area is 159 Å². The van der Waals surface area contributed by atoms with E-state index in [2.05, 4.69) is 17.3 Å². The number of carbonyl (C=O) groups is 1. The summed E-state index contributed by atoms with van der Waals surface area (Å²) in [6.07, 6.45) is 0.664. The number of urea groups is 1. The summed E-state index contributed by atoms with van der Waals surface area (Å²) in [4.78, 5) is 14.3. The van der Waals surface area contributed by atoms with Crippen LogP contribution < -0.4 is 5.32 Å². The van der Waals surface area contributed by atoms with Crippen molar-refractivity contribution < 1.29 is 9.53 Å². The van der Waals surface area contributed by atoms with Crippen LogP contribution in [0.15, 0.2) is 24.3 Å². The second-order valence-corrected chi connectivity index (χ2v) is 7.05. The van der Waals surface area contributed by atoms with Crippen LogP contribution in [0.1, 0.15) is 28.6 Å². The first-order chi connectivity index (χ1) is 12.5. The molecule has 1 saturated heterocycles. The Bertz CT molecular complexity index is 773. The van der Waals surface area contributed by atoms with Gasteiger partial charge in [-0.25, -0.2) is 4.79 Å². The smallest absolute Gasteiger partial charge is 0.317 e. The van der Waals surface area contributed by atoms with Crippen LogP contribution in [-0.2, 0) is 18.2 Å². The Morgan fingerprint density at radius 1 is 1.35 bits per heavy atom. The number of benzene rings is 1. The fourth-order valence-corrected chi connectivity index (χ4v) is 3.42. The summed E-state index contributed by atoms with van der Waals surface area (Å²) < 4.78 is 7.70. The van der Waals surface area contributed by atoms with Crippen LogP contribution in [-0.4, -0.2) is 47.0 Å². The van der Waals surface area contributed by atoms with Crippen molar-refractivity contribution in [2.75, 3.05) is 26.2 Å². The molecule has 0 aliphatic carbocycles. The average Bonchev–Trinajstić information content (AvgIpc) is 2.88. The molecular formula is C19H25ClN4O2. The Morgan fingerprint density at radius 2 is 2.08 bits per heavy atom. The van der Waals surface area contributed by atoms with Crippen LogP contribution in [0.25, 0.3) is 0 Å². The van der Waals surface area contributed by atoms with Gasteiger partial charge in [-0.1, -0.05) is 23.7 Å². The van der Waals surface area contributed by atoms with Gasteiger partial charge in [0, 0.05) is 30.9 Å². The van der Waals surface area contributed by atoms with Crippen molar-refractivity contribution in [1.29, 1.82) is 0 Å². The molecule has 1 aliphatic rings. The van der Waals surface area contributed by atoms with E-state index >= 15 is 0 Å². The van der Waals surface area contributed by atoms with Gasteiger partial charge in [-0.15, -0.1) is 0 Å². The Morgan fingerprint density at radius 3 is 2.73 bits per heavy atom. The highest BCUT2D eigenvalue weighted by Crippen LogP contribution is 2.23. The quantitative estimate of drug-likeness (QED) is 0.892. The average molecular weight is 377 g/mol. The molecule has 0 radical (unpaired) electrons. The van der Waals surface area contributed by atoms with Crippen LogP contribution in [0.5, 0.6) is 0 Å². The molecule has 0 saturated carbocycles. The first-order valence-corrected chi connectivity index (χ1v) is 9.22. The number of amides is 2. The fourth-order valence-electron chi connectivity index (χ4n) is 3.30. The lowest BCUT2D eigenvalue weighted by Crippen LogP contribution is -2.47. The Kier molecular flexibility index (Phi) is 5.84. The lowest BCUT2D eigenvalue weighted by Gasteiger charge is -2.33. The normalized spacial score (nSPS) is 17.4. The van der Waals surface area contributed by atoms with E-state index in [-0.39, 0.29) is 12.1 Å². The molecule has 3 rings (SSSR count). The maximum atomic E-state index is 12.5. The largest absolute Gasteiger partial charge is 0.370 e. The summed E-state index contributed by atoms with van der Waals surface area (Å²) >= 11 is 5.94. The van der Waals surface area contributed by atoms with Crippen molar-refractivity contribution in [3.05, 3.63) is 51.8 Å². The van der Waals surface area contributed by atoms with Gasteiger partial charge in [0.2, 0.25) is 0 Å². The van der Waals surface area contributed by atoms with Crippen molar-refractivity contribution in [3.63, 3.8) is 0 Å². The number of hydrogen-bond acceptors (Lipinski definition) is 3. The molecule has 0 spiro atoms. The second kappa shape index (κ2) is 8.10. The number of hydrogen-bond donors (Lipinski definition) is 1. The van der Waals surface area contributed by atoms with Gasteiger partial charge in [0.05, 0.1) is 18.8 Å². The summed E-state index contributed by atoms with van der Waals surface area (Å²) in [6, 6.07) is 7.53. The van der Waals surface area contributed by atoms with E-state index in [1.54, 1.807) is 0 Å². The fraction of sp³-hybridized carbons (Fsp3) is 0.474. The monoisotopic (exact) mass is 376 g/mol. The van der Waals surface area contributed by atoms with Gasteiger partial charge in [-0.05, 0) is 43.5 Å². The van der Waals surface area contributed by atoms with E-state index in [1.807, 2.05) is 47.8 Å². The van der Waals surface area contributed by atoms with Crippen molar-refractivity contribution in [3.8, 4) is 0 Å². The van der Waals surface area contributed by atoms with Gasteiger partial charge in [-0.2, -0.15) is 5.10 Å². The molecule has 140 valence electrons. The zero-order valence-electron chi connectivity index (χ0n) is 15.5. The van der Waals surface area contributed by atoms with Crippen LogP contribution in [0, 0.1) is 13.8 Å². The zero-order chi connectivity index (χ0) is 18.7. The van der Waals surface area contributed by atoms with Gasteiger partial charge in [0.15, 0.2) is 0 Å². The Hall–Kier alpha value is -2.05. The predicted octanol–water partition coefficient (Wildman–Crippen LogP) is 3.02. The molecule has 0 unspecified atom stereocenters. The van der Waals surface area contributed by atoms with Crippen LogP contribution >= 0.6 is 11.6 Å². The summed E-state index contributed by atoms with van der Waals surface area (Å²) in [5, 5.41) is 8.13. The van der Waals surface area contributed by atoms with E-state index in [0.29, 0.717) is 31.3 Å². The first kappa shape index (κ1) is 18.7. The third-order valence-corrected chi connectivity index (χ3v) is 5.16. The van der Waals surface area contributed by atoms with Gasteiger partial charge < -0.3 is 15.0 Å². The van der Waals surface area contributed by atoms with Gasteiger partial charge in [0.1, 0.15) is 6.10 Å². The number of carbonyl (C=O) groups excluding carboxylic acids is 1. The highest BCUT2D eigenvalue weighted by Gasteiger charge is 2.25. The highest BCUT2D eigenvalue weighted by molar-refractivity contribution is 6.30. The van der Waals surface area contributed by atoms with Crippen LogP contribution in [0.2, 0.25) is 5.02 Å². The minimum absolute atomic E-state index is 0.0496. The minimum Gasteiger partial charge on any atom is -0.370 e. The van der Waals surface area contributed by atoms with E-state index < -0.39 is 0 Å².